The Balaban J connectivity index is 1.96. The second kappa shape index (κ2) is 4.18. The van der Waals surface area contributed by atoms with Crippen LogP contribution in [0.15, 0.2) is 36.1 Å². The Labute approximate surface area is 103 Å². The number of hydrogen-bond acceptors (Lipinski definition) is 4. The molecule has 0 unspecified atom stereocenters. The second-order valence-electron chi connectivity index (χ2n) is 3.70. The van der Waals surface area contributed by atoms with Gasteiger partial charge in [-0.05, 0) is 24.4 Å². The highest BCUT2D eigenvalue weighted by Gasteiger charge is 2.04. The number of aryl methyl sites for hydroxylation is 1. The summed E-state index contributed by atoms with van der Waals surface area (Å²) in [4.78, 5) is 4.37. The number of hydrogen-bond donors (Lipinski definition) is 1. The molecule has 0 aromatic carbocycles. The summed E-state index contributed by atoms with van der Waals surface area (Å²) in [6.45, 7) is 2.94. The molecule has 17 heavy (non-hydrogen) atoms. The van der Waals surface area contributed by atoms with Crippen molar-refractivity contribution in [2.24, 2.45) is 0 Å². The third-order valence-electron chi connectivity index (χ3n) is 2.60. The van der Waals surface area contributed by atoms with E-state index < -0.39 is 0 Å². The molecule has 0 saturated carbocycles. The minimum atomic E-state index is 0.873. The van der Waals surface area contributed by atoms with E-state index in [0.29, 0.717) is 0 Å². The van der Waals surface area contributed by atoms with Gasteiger partial charge in [-0.25, -0.2) is 4.98 Å². The van der Waals surface area contributed by atoms with Crippen LogP contribution in [0.2, 0.25) is 0 Å². The van der Waals surface area contributed by atoms with Crippen molar-refractivity contribution in [3.05, 3.63) is 36.1 Å². The number of nitrogens with one attached hydrogen (secondary N) is 1. The van der Waals surface area contributed by atoms with E-state index in [-0.39, 0.29) is 0 Å². The fourth-order valence-electron chi connectivity index (χ4n) is 1.73. The highest BCUT2D eigenvalue weighted by molar-refractivity contribution is 7.17. The van der Waals surface area contributed by atoms with E-state index in [9.17, 15) is 0 Å². The molecule has 86 valence electrons. The van der Waals surface area contributed by atoms with Gasteiger partial charge in [0.1, 0.15) is 5.82 Å². The number of thiophene rings is 1. The van der Waals surface area contributed by atoms with Crippen molar-refractivity contribution < 1.29 is 0 Å². The Morgan fingerprint density at radius 1 is 1.41 bits per heavy atom. The van der Waals surface area contributed by atoms with Gasteiger partial charge in [0.2, 0.25) is 0 Å². The predicted molar refractivity (Wildman–Crippen MR) is 70.8 cm³/mol. The zero-order chi connectivity index (χ0) is 11.7. The first-order chi connectivity index (χ1) is 8.36. The van der Waals surface area contributed by atoms with Crippen molar-refractivity contribution in [1.82, 2.24) is 14.8 Å². The first-order valence-corrected chi connectivity index (χ1v) is 6.36. The number of aromatic nitrogens is 3. The lowest BCUT2D eigenvalue weighted by Crippen LogP contribution is -1.94. The molecule has 0 spiro atoms. The van der Waals surface area contributed by atoms with E-state index in [2.05, 4.69) is 33.8 Å². The normalized spacial score (nSPS) is 10.9. The van der Waals surface area contributed by atoms with Crippen LogP contribution in [0.5, 0.6) is 0 Å². The molecule has 4 nitrogen and oxygen atoms in total. The second-order valence-corrected chi connectivity index (χ2v) is 4.65. The van der Waals surface area contributed by atoms with Crippen molar-refractivity contribution in [2.45, 2.75) is 13.5 Å². The lowest BCUT2D eigenvalue weighted by Gasteiger charge is -2.03. The summed E-state index contributed by atoms with van der Waals surface area (Å²) in [6.07, 6.45) is 5.62. The number of pyridine rings is 1. The molecule has 3 rings (SSSR count). The van der Waals surface area contributed by atoms with Gasteiger partial charge in [-0.2, -0.15) is 5.10 Å². The Morgan fingerprint density at radius 3 is 3.18 bits per heavy atom. The smallest absolute Gasteiger partial charge is 0.139 e. The molecule has 0 amide bonds. The zero-order valence-electron chi connectivity index (χ0n) is 9.42. The lowest BCUT2D eigenvalue weighted by atomic mass is 10.3. The topological polar surface area (TPSA) is 42.7 Å². The van der Waals surface area contributed by atoms with Gasteiger partial charge in [-0.1, -0.05) is 0 Å². The molecule has 0 fully saturated rings. The zero-order valence-corrected chi connectivity index (χ0v) is 10.2. The Kier molecular flexibility index (Phi) is 2.53. The largest absolute Gasteiger partial charge is 0.337 e. The van der Waals surface area contributed by atoms with Crippen LogP contribution >= 0.6 is 11.3 Å². The molecule has 0 aliphatic carbocycles. The van der Waals surface area contributed by atoms with Gasteiger partial charge in [0.05, 0.1) is 11.9 Å². The summed E-state index contributed by atoms with van der Waals surface area (Å²) >= 11 is 1.72. The van der Waals surface area contributed by atoms with Crippen molar-refractivity contribution in [2.75, 3.05) is 5.32 Å². The van der Waals surface area contributed by atoms with Gasteiger partial charge in [0.25, 0.3) is 0 Å². The molecule has 0 radical (unpaired) electrons. The first-order valence-electron chi connectivity index (χ1n) is 5.48. The quantitative estimate of drug-likeness (QED) is 0.769. The maximum Gasteiger partial charge on any atom is 0.139 e. The molecular formula is C12H12N4S. The molecule has 3 aromatic heterocycles. The molecular weight excluding hydrogens is 232 g/mol. The van der Waals surface area contributed by atoms with Crippen LogP contribution in [0.1, 0.15) is 6.92 Å². The summed E-state index contributed by atoms with van der Waals surface area (Å²) in [6, 6.07) is 4.11. The van der Waals surface area contributed by atoms with Crippen molar-refractivity contribution in [3.8, 4) is 0 Å². The average molecular weight is 244 g/mol. The minimum Gasteiger partial charge on any atom is -0.337 e. The molecule has 3 heterocycles. The third kappa shape index (κ3) is 1.89. The molecule has 0 aliphatic rings. The Hall–Kier alpha value is -1.88. The fourth-order valence-corrected chi connectivity index (χ4v) is 2.51. The highest BCUT2D eigenvalue weighted by Crippen LogP contribution is 2.27. The van der Waals surface area contributed by atoms with Crippen LogP contribution < -0.4 is 5.32 Å². The Morgan fingerprint density at radius 2 is 2.35 bits per heavy atom. The van der Waals surface area contributed by atoms with Crippen LogP contribution in [0.4, 0.5) is 11.5 Å². The molecule has 1 N–H and O–H groups in total. The fraction of sp³-hybridized carbons (Fsp3) is 0.167. The van der Waals surface area contributed by atoms with E-state index in [4.69, 9.17) is 0 Å². The lowest BCUT2D eigenvalue weighted by molar-refractivity contribution is 0.660. The standard InChI is InChI=1S/C12H12N4S/c1-2-16-8-9(7-14-16)15-12-10-4-6-17-11(10)3-5-13-12/h3-8H,2H2,1H3,(H,13,15). The van der Waals surface area contributed by atoms with E-state index in [1.165, 1.54) is 4.70 Å². The van der Waals surface area contributed by atoms with Crippen molar-refractivity contribution in [3.63, 3.8) is 0 Å². The van der Waals surface area contributed by atoms with Gasteiger partial charge in [0.15, 0.2) is 0 Å². The third-order valence-corrected chi connectivity index (χ3v) is 3.48. The van der Waals surface area contributed by atoms with Crippen LogP contribution in [-0.2, 0) is 6.54 Å². The van der Waals surface area contributed by atoms with E-state index in [1.54, 1.807) is 11.3 Å². The number of nitrogens with zero attached hydrogens (tertiary/aromatic N) is 3. The average Bonchev–Trinajstić information content (AvgIpc) is 2.97. The number of fused-ring (bicyclic) bond motifs is 1. The summed E-state index contributed by atoms with van der Waals surface area (Å²) in [5.41, 5.74) is 0.970. The van der Waals surface area contributed by atoms with Crippen molar-refractivity contribution >= 4 is 32.9 Å². The molecule has 0 atom stereocenters. The molecule has 5 heteroatoms. The highest BCUT2D eigenvalue weighted by atomic mass is 32.1. The van der Waals surface area contributed by atoms with Gasteiger partial charge in [-0.3, -0.25) is 4.68 Å². The SMILES string of the molecule is CCn1cc(Nc2nccc3sccc23)cn1. The summed E-state index contributed by atoms with van der Waals surface area (Å²) in [5.74, 6) is 0.888. The van der Waals surface area contributed by atoms with E-state index in [1.807, 2.05) is 29.3 Å². The summed E-state index contributed by atoms with van der Waals surface area (Å²) < 4.78 is 3.13. The predicted octanol–water partition coefficient (Wildman–Crippen LogP) is 3.26. The van der Waals surface area contributed by atoms with Crippen LogP contribution in [0, 0.1) is 0 Å². The molecule has 3 aromatic rings. The number of anilines is 2. The van der Waals surface area contributed by atoms with Gasteiger partial charge < -0.3 is 5.32 Å². The van der Waals surface area contributed by atoms with Crippen LogP contribution in [0.25, 0.3) is 10.1 Å². The monoisotopic (exact) mass is 244 g/mol. The first kappa shape index (κ1) is 10.3. The molecule has 0 saturated heterocycles. The molecule has 0 bridgehead atoms. The molecule has 0 aliphatic heterocycles. The van der Waals surface area contributed by atoms with E-state index in [0.717, 1.165) is 23.4 Å². The van der Waals surface area contributed by atoms with Crippen LogP contribution in [-0.4, -0.2) is 14.8 Å². The minimum absolute atomic E-state index is 0.873. The maximum atomic E-state index is 4.37. The van der Waals surface area contributed by atoms with Gasteiger partial charge in [-0.15, -0.1) is 11.3 Å². The summed E-state index contributed by atoms with van der Waals surface area (Å²) in [5, 5.41) is 10.8. The van der Waals surface area contributed by atoms with Crippen molar-refractivity contribution in [1.29, 1.82) is 0 Å². The number of rotatable bonds is 3. The maximum absolute atomic E-state index is 4.37. The van der Waals surface area contributed by atoms with Gasteiger partial charge >= 0.3 is 0 Å². The van der Waals surface area contributed by atoms with Gasteiger partial charge in [0, 0.05) is 29.0 Å². The summed E-state index contributed by atoms with van der Waals surface area (Å²) in [7, 11) is 0. The Bertz CT molecular complexity index is 641. The van der Waals surface area contributed by atoms with E-state index >= 15 is 0 Å². The van der Waals surface area contributed by atoms with Crippen LogP contribution in [0.3, 0.4) is 0 Å².